The summed E-state index contributed by atoms with van der Waals surface area (Å²) in [6.07, 6.45) is 6.50. The summed E-state index contributed by atoms with van der Waals surface area (Å²) >= 11 is 6.41. The molecule has 3 aromatic carbocycles. The number of ether oxygens (including phenoxy) is 1. The largest absolute Gasteiger partial charge is 0.484 e. The van der Waals surface area contributed by atoms with Gasteiger partial charge in [0.15, 0.2) is 6.61 Å². The SMILES string of the molecule is O=C(COc1ccc(C2CCCCC2)cc1)Nc1ccc(Cl)c(-c2nc3ccccc3[nH]2)c1. The number of amides is 1. The molecule has 6 heteroatoms. The van der Waals surface area contributed by atoms with Crippen molar-refractivity contribution in [1.29, 1.82) is 0 Å². The second-order valence-corrected chi connectivity index (χ2v) is 8.95. The molecular formula is C27H26ClN3O2. The molecule has 0 atom stereocenters. The number of carbonyl (C=O) groups excluding carboxylic acids is 1. The molecule has 0 bridgehead atoms. The first-order chi connectivity index (χ1) is 16.2. The topological polar surface area (TPSA) is 67.0 Å². The summed E-state index contributed by atoms with van der Waals surface area (Å²) in [6.45, 7) is -0.0641. The molecule has 1 saturated carbocycles. The lowest BCUT2D eigenvalue weighted by atomic mass is 9.84. The van der Waals surface area contributed by atoms with Crippen LogP contribution in [0.15, 0.2) is 66.7 Å². The second kappa shape index (κ2) is 9.67. The van der Waals surface area contributed by atoms with Gasteiger partial charge in [0.1, 0.15) is 11.6 Å². The predicted molar refractivity (Wildman–Crippen MR) is 133 cm³/mol. The number of aromatic amines is 1. The number of anilines is 1. The number of carbonyl (C=O) groups is 1. The molecule has 5 nitrogen and oxygen atoms in total. The van der Waals surface area contributed by atoms with Gasteiger partial charge in [-0.2, -0.15) is 0 Å². The molecular weight excluding hydrogens is 434 g/mol. The van der Waals surface area contributed by atoms with Crippen LogP contribution in [-0.2, 0) is 4.79 Å². The first kappa shape index (κ1) is 21.5. The van der Waals surface area contributed by atoms with Gasteiger partial charge < -0.3 is 15.0 Å². The van der Waals surface area contributed by atoms with Crippen LogP contribution in [0.4, 0.5) is 5.69 Å². The molecule has 0 aliphatic heterocycles. The highest BCUT2D eigenvalue weighted by Gasteiger charge is 2.15. The fourth-order valence-electron chi connectivity index (χ4n) is 4.48. The van der Waals surface area contributed by atoms with Crippen LogP contribution in [0.2, 0.25) is 5.02 Å². The van der Waals surface area contributed by atoms with Crippen molar-refractivity contribution in [3.63, 3.8) is 0 Å². The van der Waals surface area contributed by atoms with Crippen molar-refractivity contribution in [3.05, 3.63) is 77.3 Å². The van der Waals surface area contributed by atoms with Gasteiger partial charge in [-0.05, 0) is 66.8 Å². The van der Waals surface area contributed by atoms with Gasteiger partial charge in [-0.3, -0.25) is 4.79 Å². The van der Waals surface area contributed by atoms with Gasteiger partial charge in [0.25, 0.3) is 5.91 Å². The zero-order valence-electron chi connectivity index (χ0n) is 18.3. The molecule has 1 aliphatic rings. The van der Waals surface area contributed by atoms with E-state index in [1.54, 1.807) is 12.1 Å². The van der Waals surface area contributed by atoms with Crippen LogP contribution in [0.5, 0.6) is 5.75 Å². The maximum atomic E-state index is 12.5. The number of nitrogens with one attached hydrogen (secondary N) is 2. The van der Waals surface area contributed by atoms with Crippen molar-refractivity contribution in [2.24, 2.45) is 0 Å². The average Bonchev–Trinajstić information content (AvgIpc) is 3.29. The zero-order chi connectivity index (χ0) is 22.6. The van der Waals surface area contributed by atoms with Crippen LogP contribution in [0.25, 0.3) is 22.4 Å². The first-order valence-electron chi connectivity index (χ1n) is 11.4. The number of hydrogen-bond acceptors (Lipinski definition) is 3. The monoisotopic (exact) mass is 459 g/mol. The number of imidazole rings is 1. The summed E-state index contributed by atoms with van der Waals surface area (Å²) in [6, 6.07) is 21.3. The van der Waals surface area contributed by atoms with Crippen molar-refractivity contribution in [3.8, 4) is 17.1 Å². The van der Waals surface area contributed by atoms with E-state index in [0.29, 0.717) is 28.2 Å². The maximum absolute atomic E-state index is 12.5. The molecule has 0 spiro atoms. The van der Waals surface area contributed by atoms with Crippen molar-refractivity contribution in [1.82, 2.24) is 9.97 Å². The first-order valence-corrected chi connectivity index (χ1v) is 11.8. The van der Waals surface area contributed by atoms with E-state index in [1.165, 1.54) is 37.7 Å². The molecule has 0 radical (unpaired) electrons. The molecule has 0 unspecified atom stereocenters. The van der Waals surface area contributed by atoms with E-state index in [1.807, 2.05) is 42.5 Å². The molecule has 0 saturated heterocycles. The van der Waals surface area contributed by atoms with E-state index in [9.17, 15) is 4.79 Å². The number of benzene rings is 3. The van der Waals surface area contributed by atoms with Gasteiger partial charge in [0, 0.05) is 11.3 Å². The molecule has 1 heterocycles. The van der Waals surface area contributed by atoms with Crippen molar-refractivity contribution < 1.29 is 9.53 Å². The van der Waals surface area contributed by atoms with E-state index < -0.39 is 0 Å². The normalized spacial score (nSPS) is 14.3. The molecule has 1 amide bonds. The summed E-state index contributed by atoms with van der Waals surface area (Å²) in [5.74, 6) is 1.78. The van der Waals surface area contributed by atoms with Gasteiger partial charge >= 0.3 is 0 Å². The van der Waals surface area contributed by atoms with Crippen LogP contribution < -0.4 is 10.1 Å². The zero-order valence-corrected chi connectivity index (χ0v) is 19.1. The van der Waals surface area contributed by atoms with Gasteiger partial charge in [0.2, 0.25) is 0 Å². The highest BCUT2D eigenvalue weighted by atomic mass is 35.5. The lowest BCUT2D eigenvalue weighted by molar-refractivity contribution is -0.118. The number of H-pyrrole nitrogens is 1. The van der Waals surface area contributed by atoms with Crippen LogP contribution in [0, 0.1) is 0 Å². The standard InChI is InChI=1S/C27H26ClN3O2/c28-23-15-12-20(16-22(23)27-30-24-8-4-5-9-25(24)31-27)29-26(32)17-33-21-13-10-19(11-14-21)18-6-2-1-3-7-18/h4-5,8-16,18H,1-3,6-7,17H2,(H,29,32)(H,30,31). The Labute approximate surface area is 198 Å². The Morgan fingerprint density at radius 2 is 1.82 bits per heavy atom. The summed E-state index contributed by atoms with van der Waals surface area (Å²) in [5, 5.41) is 3.44. The number of nitrogens with zero attached hydrogens (tertiary/aromatic N) is 1. The van der Waals surface area contributed by atoms with Crippen LogP contribution >= 0.6 is 11.6 Å². The highest BCUT2D eigenvalue weighted by molar-refractivity contribution is 6.33. The van der Waals surface area contributed by atoms with Crippen molar-refractivity contribution in [2.45, 2.75) is 38.0 Å². The molecule has 1 aliphatic carbocycles. The van der Waals surface area contributed by atoms with Crippen molar-refractivity contribution >= 4 is 34.2 Å². The average molecular weight is 460 g/mol. The third kappa shape index (κ3) is 5.04. The lowest BCUT2D eigenvalue weighted by Crippen LogP contribution is -2.20. The summed E-state index contributed by atoms with van der Waals surface area (Å²) < 4.78 is 5.70. The third-order valence-corrected chi connectivity index (χ3v) is 6.55. The molecule has 168 valence electrons. The van der Waals surface area contributed by atoms with Gasteiger partial charge in [0.05, 0.1) is 16.1 Å². The second-order valence-electron chi connectivity index (χ2n) is 8.54. The quantitative estimate of drug-likeness (QED) is 0.328. The van der Waals surface area contributed by atoms with Crippen LogP contribution in [0.1, 0.15) is 43.6 Å². The highest BCUT2D eigenvalue weighted by Crippen LogP contribution is 2.33. The molecule has 33 heavy (non-hydrogen) atoms. The number of fused-ring (bicyclic) bond motifs is 1. The summed E-state index contributed by atoms with van der Waals surface area (Å²) in [4.78, 5) is 20.4. The minimum Gasteiger partial charge on any atom is -0.484 e. The number of aromatic nitrogens is 2. The van der Waals surface area contributed by atoms with Crippen LogP contribution in [0.3, 0.4) is 0 Å². The van der Waals surface area contributed by atoms with E-state index in [4.69, 9.17) is 16.3 Å². The fraction of sp³-hybridized carbons (Fsp3) is 0.259. The van der Waals surface area contributed by atoms with E-state index >= 15 is 0 Å². The number of rotatable bonds is 6. The van der Waals surface area contributed by atoms with Crippen molar-refractivity contribution in [2.75, 3.05) is 11.9 Å². The Morgan fingerprint density at radius 1 is 1.03 bits per heavy atom. The Hall–Kier alpha value is -3.31. The Balaban J connectivity index is 1.21. The predicted octanol–water partition coefficient (Wildman–Crippen LogP) is 6.95. The minimum absolute atomic E-state index is 0.0641. The summed E-state index contributed by atoms with van der Waals surface area (Å²) in [5.41, 5.74) is 4.52. The fourth-order valence-corrected chi connectivity index (χ4v) is 4.69. The van der Waals surface area contributed by atoms with E-state index in [-0.39, 0.29) is 12.5 Å². The van der Waals surface area contributed by atoms with E-state index in [2.05, 4.69) is 27.4 Å². The Bertz CT molecular complexity index is 1230. The van der Waals surface area contributed by atoms with Crippen LogP contribution in [-0.4, -0.2) is 22.5 Å². The van der Waals surface area contributed by atoms with E-state index in [0.717, 1.165) is 16.6 Å². The maximum Gasteiger partial charge on any atom is 0.262 e. The number of halogens is 1. The number of hydrogen-bond donors (Lipinski definition) is 2. The van der Waals surface area contributed by atoms with Gasteiger partial charge in [-0.1, -0.05) is 55.1 Å². The minimum atomic E-state index is -0.232. The summed E-state index contributed by atoms with van der Waals surface area (Å²) in [7, 11) is 0. The number of para-hydroxylation sites is 2. The lowest BCUT2D eigenvalue weighted by Gasteiger charge is -2.22. The molecule has 2 N–H and O–H groups in total. The third-order valence-electron chi connectivity index (χ3n) is 6.22. The van der Waals surface area contributed by atoms with Gasteiger partial charge in [-0.15, -0.1) is 0 Å². The molecule has 1 aromatic heterocycles. The van der Waals surface area contributed by atoms with Gasteiger partial charge in [-0.25, -0.2) is 4.98 Å². The molecule has 1 fully saturated rings. The Morgan fingerprint density at radius 3 is 2.61 bits per heavy atom. The smallest absolute Gasteiger partial charge is 0.262 e. The molecule has 4 aromatic rings. The molecule has 5 rings (SSSR count). The Kier molecular flexibility index (Phi) is 6.31.